The van der Waals surface area contributed by atoms with Crippen LogP contribution in [-0.4, -0.2) is 10.9 Å². The lowest BCUT2D eigenvalue weighted by Crippen LogP contribution is -2.10. The van der Waals surface area contributed by atoms with E-state index in [2.05, 4.69) is 30.1 Å². The molecule has 0 spiro atoms. The molecule has 0 saturated carbocycles. The van der Waals surface area contributed by atoms with Crippen molar-refractivity contribution in [3.05, 3.63) is 35.5 Å². The van der Waals surface area contributed by atoms with Gasteiger partial charge in [0.05, 0.1) is 0 Å². The second-order valence-electron chi connectivity index (χ2n) is 4.13. The van der Waals surface area contributed by atoms with Crippen molar-refractivity contribution < 1.29 is 4.79 Å². The molecule has 1 aromatic heterocycles. The van der Waals surface area contributed by atoms with Crippen LogP contribution in [0.15, 0.2) is 24.4 Å². The van der Waals surface area contributed by atoms with Crippen molar-refractivity contribution >= 4 is 16.8 Å². The van der Waals surface area contributed by atoms with E-state index in [1.807, 2.05) is 6.20 Å². The highest BCUT2D eigenvalue weighted by Gasteiger charge is 2.05. The van der Waals surface area contributed by atoms with Gasteiger partial charge >= 0.3 is 0 Å². The first kappa shape index (κ1) is 10.7. The smallest absolute Gasteiger partial charge is 0.217 e. The Balaban J connectivity index is 2.19. The van der Waals surface area contributed by atoms with Gasteiger partial charge in [-0.1, -0.05) is 18.2 Å². The molecule has 3 N–H and O–H groups in total. The Morgan fingerprint density at radius 2 is 2.25 bits per heavy atom. The summed E-state index contributed by atoms with van der Waals surface area (Å²) in [6.45, 7) is 2.09. The minimum absolute atomic E-state index is 0.226. The molecule has 3 heteroatoms. The van der Waals surface area contributed by atoms with Crippen LogP contribution in [0.5, 0.6) is 0 Å². The maximum atomic E-state index is 10.7. The van der Waals surface area contributed by atoms with Crippen LogP contribution in [0.4, 0.5) is 0 Å². The van der Waals surface area contributed by atoms with Gasteiger partial charge in [0.2, 0.25) is 5.91 Å². The van der Waals surface area contributed by atoms with Gasteiger partial charge in [0.15, 0.2) is 0 Å². The number of aromatic nitrogens is 1. The molecular formula is C13H16N2O. The molecule has 0 saturated heterocycles. The van der Waals surface area contributed by atoms with E-state index in [1.165, 1.54) is 22.0 Å². The number of carbonyl (C=O) groups excluding carboxylic acids is 1. The third kappa shape index (κ3) is 2.08. The summed E-state index contributed by atoms with van der Waals surface area (Å²) in [4.78, 5) is 13.9. The Morgan fingerprint density at radius 1 is 1.44 bits per heavy atom. The lowest BCUT2D eigenvalue weighted by atomic mass is 10.1. The van der Waals surface area contributed by atoms with Gasteiger partial charge in [-0.2, -0.15) is 0 Å². The second kappa shape index (κ2) is 4.39. The van der Waals surface area contributed by atoms with Crippen LogP contribution < -0.4 is 5.73 Å². The van der Waals surface area contributed by atoms with Crippen LogP contribution in [0.2, 0.25) is 0 Å². The van der Waals surface area contributed by atoms with E-state index in [9.17, 15) is 4.79 Å². The van der Waals surface area contributed by atoms with Crippen molar-refractivity contribution in [2.75, 3.05) is 0 Å². The van der Waals surface area contributed by atoms with Crippen LogP contribution >= 0.6 is 0 Å². The minimum atomic E-state index is -0.226. The van der Waals surface area contributed by atoms with Gasteiger partial charge < -0.3 is 10.7 Å². The van der Waals surface area contributed by atoms with Crippen LogP contribution in [0.25, 0.3) is 10.9 Å². The Hall–Kier alpha value is -1.77. The SMILES string of the molecule is Cc1cccc2c(CCCC(N)=O)c[nH]c12. The number of rotatable bonds is 4. The van der Waals surface area contributed by atoms with E-state index in [0.717, 1.165) is 12.8 Å². The fourth-order valence-electron chi connectivity index (χ4n) is 2.02. The summed E-state index contributed by atoms with van der Waals surface area (Å²) in [6, 6.07) is 6.26. The molecule has 0 aliphatic heterocycles. The zero-order valence-electron chi connectivity index (χ0n) is 9.42. The summed E-state index contributed by atoms with van der Waals surface area (Å²) >= 11 is 0. The highest BCUT2D eigenvalue weighted by Crippen LogP contribution is 2.22. The van der Waals surface area contributed by atoms with Crippen LogP contribution in [-0.2, 0) is 11.2 Å². The zero-order valence-corrected chi connectivity index (χ0v) is 9.42. The number of aromatic amines is 1. The average molecular weight is 216 g/mol. The number of carbonyl (C=O) groups is 1. The molecule has 3 nitrogen and oxygen atoms in total. The predicted octanol–water partition coefficient (Wildman–Crippen LogP) is 2.28. The summed E-state index contributed by atoms with van der Waals surface area (Å²) in [5.41, 5.74) is 8.83. The molecule has 0 atom stereocenters. The number of H-pyrrole nitrogens is 1. The van der Waals surface area contributed by atoms with Gasteiger partial charge in [-0.15, -0.1) is 0 Å². The summed E-state index contributed by atoms with van der Waals surface area (Å²) in [6.07, 6.45) is 4.19. The van der Waals surface area contributed by atoms with Crippen LogP contribution in [0.3, 0.4) is 0 Å². The number of benzene rings is 1. The number of primary amides is 1. The van der Waals surface area contributed by atoms with Crippen molar-refractivity contribution in [1.29, 1.82) is 0 Å². The highest BCUT2D eigenvalue weighted by atomic mass is 16.1. The molecule has 0 fully saturated rings. The molecule has 16 heavy (non-hydrogen) atoms. The number of hydrogen-bond acceptors (Lipinski definition) is 1. The predicted molar refractivity (Wildman–Crippen MR) is 65.2 cm³/mol. The fourth-order valence-corrected chi connectivity index (χ4v) is 2.02. The van der Waals surface area contributed by atoms with Crippen LogP contribution in [0.1, 0.15) is 24.0 Å². The Bertz CT molecular complexity index is 514. The molecule has 2 rings (SSSR count). The summed E-state index contributed by atoms with van der Waals surface area (Å²) in [5, 5.41) is 1.25. The third-order valence-electron chi connectivity index (χ3n) is 2.88. The number of aryl methyl sites for hydroxylation is 2. The molecule has 1 aromatic carbocycles. The maximum absolute atomic E-state index is 10.7. The zero-order chi connectivity index (χ0) is 11.5. The molecule has 0 aliphatic carbocycles. The first-order chi connectivity index (χ1) is 7.68. The lowest BCUT2D eigenvalue weighted by Gasteiger charge is -1.99. The van der Waals surface area contributed by atoms with Gasteiger partial charge in [-0.3, -0.25) is 4.79 Å². The molecule has 2 aromatic rings. The summed E-state index contributed by atoms with van der Waals surface area (Å²) < 4.78 is 0. The topological polar surface area (TPSA) is 58.9 Å². The average Bonchev–Trinajstić information content (AvgIpc) is 2.63. The van der Waals surface area contributed by atoms with E-state index in [1.54, 1.807) is 0 Å². The second-order valence-corrected chi connectivity index (χ2v) is 4.13. The van der Waals surface area contributed by atoms with E-state index in [-0.39, 0.29) is 5.91 Å². The Morgan fingerprint density at radius 3 is 3.00 bits per heavy atom. The molecule has 1 amide bonds. The number of nitrogens with two attached hydrogens (primary N) is 1. The van der Waals surface area contributed by atoms with E-state index in [0.29, 0.717) is 6.42 Å². The molecular weight excluding hydrogens is 200 g/mol. The quantitative estimate of drug-likeness (QED) is 0.809. The highest BCUT2D eigenvalue weighted by molar-refractivity contribution is 5.85. The first-order valence-corrected chi connectivity index (χ1v) is 5.52. The largest absolute Gasteiger partial charge is 0.370 e. The summed E-state index contributed by atoms with van der Waals surface area (Å²) in [5.74, 6) is -0.226. The minimum Gasteiger partial charge on any atom is -0.370 e. The normalized spacial score (nSPS) is 10.8. The Kier molecular flexibility index (Phi) is 2.95. The fraction of sp³-hybridized carbons (Fsp3) is 0.308. The Labute approximate surface area is 94.6 Å². The van der Waals surface area contributed by atoms with E-state index in [4.69, 9.17) is 5.73 Å². The number of fused-ring (bicyclic) bond motifs is 1. The lowest BCUT2D eigenvalue weighted by molar-refractivity contribution is -0.118. The molecule has 0 unspecified atom stereocenters. The van der Waals surface area contributed by atoms with Gasteiger partial charge in [-0.25, -0.2) is 0 Å². The molecule has 1 heterocycles. The van der Waals surface area contributed by atoms with Gasteiger partial charge in [-0.05, 0) is 30.9 Å². The van der Waals surface area contributed by atoms with Crippen molar-refractivity contribution in [2.24, 2.45) is 5.73 Å². The monoisotopic (exact) mass is 216 g/mol. The van der Waals surface area contributed by atoms with E-state index >= 15 is 0 Å². The number of amides is 1. The number of para-hydroxylation sites is 1. The maximum Gasteiger partial charge on any atom is 0.217 e. The van der Waals surface area contributed by atoms with E-state index < -0.39 is 0 Å². The molecule has 84 valence electrons. The van der Waals surface area contributed by atoms with Gasteiger partial charge in [0.1, 0.15) is 0 Å². The van der Waals surface area contributed by atoms with Crippen molar-refractivity contribution in [2.45, 2.75) is 26.2 Å². The number of nitrogens with one attached hydrogen (secondary N) is 1. The van der Waals surface area contributed by atoms with Crippen molar-refractivity contribution in [3.8, 4) is 0 Å². The summed E-state index contributed by atoms with van der Waals surface area (Å²) in [7, 11) is 0. The molecule has 0 radical (unpaired) electrons. The van der Waals surface area contributed by atoms with Gasteiger partial charge in [0, 0.05) is 23.5 Å². The van der Waals surface area contributed by atoms with Crippen molar-refractivity contribution in [3.63, 3.8) is 0 Å². The first-order valence-electron chi connectivity index (χ1n) is 5.52. The van der Waals surface area contributed by atoms with Gasteiger partial charge in [0.25, 0.3) is 0 Å². The third-order valence-corrected chi connectivity index (χ3v) is 2.88. The molecule has 0 bridgehead atoms. The van der Waals surface area contributed by atoms with Crippen LogP contribution in [0, 0.1) is 6.92 Å². The standard InChI is InChI=1S/C13H16N2O/c1-9-4-2-6-11-10(8-15-13(9)11)5-3-7-12(14)16/h2,4,6,8,15H,3,5,7H2,1H3,(H2,14,16). The molecule has 0 aliphatic rings. The van der Waals surface area contributed by atoms with Crippen molar-refractivity contribution in [1.82, 2.24) is 4.98 Å². The number of hydrogen-bond donors (Lipinski definition) is 2.